The molecule has 0 radical (unpaired) electrons. The first kappa shape index (κ1) is 15.8. The molecule has 0 bridgehead atoms. The van der Waals surface area contributed by atoms with Gasteiger partial charge in [0.1, 0.15) is 0 Å². The molecule has 2 rings (SSSR count). The zero-order valence-corrected chi connectivity index (χ0v) is 13.6. The van der Waals surface area contributed by atoms with Crippen LogP contribution in [0.25, 0.3) is 0 Å². The quantitative estimate of drug-likeness (QED) is 0.858. The zero-order valence-electron chi connectivity index (χ0n) is 13.6. The number of amides is 1. The molecule has 0 spiro atoms. The summed E-state index contributed by atoms with van der Waals surface area (Å²) in [4.78, 5) is 17.4. The standard InChI is InChI=1S/C16H31N3O/c1-15(2,16(3,4)17)14(20)19-11-8-13(12-19)18-9-6-5-7-10-18/h13H,5-12,17H2,1-4H3. The normalized spacial score (nSPS) is 26.1. The Hall–Kier alpha value is -0.610. The van der Waals surface area contributed by atoms with E-state index in [9.17, 15) is 4.79 Å². The van der Waals surface area contributed by atoms with Crippen molar-refractivity contribution in [2.24, 2.45) is 11.1 Å². The summed E-state index contributed by atoms with van der Waals surface area (Å²) in [5, 5.41) is 0. The van der Waals surface area contributed by atoms with Crippen LogP contribution in [0.5, 0.6) is 0 Å². The highest BCUT2D eigenvalue weighted by molar-refractivity contribution is 5.83. The van der Waals surface area contributed by atoms with Gasteiger partial charge in [-0.05, 0) is 60.0 Å². The van der Waals surface area contributed by atoms with Gasteiger partial charge in [0.15, 0.2) is 0 Å². The van der Waals surface area contributed by atoms with Crippen molar-refractivity contribution >= 4 is 5.91 Å². The number of piperidine rings is 1. The summed E-state index contributed by atoms with van der Waals surface area (Å²) in [6.07, 6.45) is 5.10. The lowest BCUT2D eigenvalue weighted by Crippen LogP contribution is -2.56. The zero-order chi connectivity index (χ0) is 15.0. The average Bonchev–Trinajstić information content (AvgIpc) is 2.87. The molecule has 20 heavy (non-hydrogen) atoms. The van der Waals surface area contributed by atoms with E-state index in [0.717, 1.165) is 19.5 Å². The van der Waals surface area contributed by atoms with E-state index >= 15 is 0 Å². The third-order valence-corrected chi connectivity index (χ3v) is 5.50. The maximum absolute atomic E-state index is 12.8. The van der Waals surface area contributed by atoms with Crippen LogP contribution in [0.1, 0.15) is 53.4 Å². The lowest BCUT2D eigenvalue weighted by atomic mass is 9.74. The van der Waals surface area contributed by atoms with Crippen molar-refractivity contribution in [2.75, 3.05) is 26.2 Å². The van der Waals surface area contributed by atoms with Crippen molar-refractivity contribution in [2.45, 2.75) is 65.0 Å². The largest absolute Gasteiger partial charge is 0.341 e. The highest BCUT2D eigenvalue weighted by atomic mass is 16.2. The van der Waals surface area contributed by atoms with Crippen LogP contribution < -0.4 is 5.73 Å². The fraction of sp³-hybridized carbons (Fsp3) is 0.938. The molecule has 0 aromatic rings. The Bertz CT molecular complexity index is 353. The van der Waals surface area contributed by atoms with Crippen LogP contribution in [0.2, 0.25) is 0 Å². The van der Waals surface area contributed by atoms with Crippen LogP contribution in [0.4, 0.5) is 0 Å². The van der Waals surface area contributed by atoms with Gasteiger partial charge in [0.2, 0.25) is 5.91 Å². The molecule has 2 heterocycles. The second-order valence-corrected chi connectivity index (χ2v) is 7.64. The minimum absolute atomic E-state index is 0.213. The third-order valence-electron chi connectivity index (χ3n) is 5.50. The van der Waals surface area contributed by atoms with E-state index in [1.54, 1.807) is 0 Å². The Morgan fingerprint density at radius 1 is 1.05 bits per heavy atom. The number of hydrogen-bond acceptors (Lipinski definition) is 3. The molecule has 0 aromatic heterocycles. The number of carbonyl (C=O) groups is 1. The average molecular weight is 281 g/mol. The van der Waals surface area contributed by atoms with Crippen molar-refractivity contribution in [1.29, 1.82) is 0 Å². The fourth-order valence-electron chi connectivity index (χ4n) is 3.18. The van der Waals surface area contributed by atoms with Gasteiger partial charge in [-0.25, -0.2) is 0 Å². The number of likely N-dealkylation sites (tertiary alicyclic amines) is 2. The maximum Gasteiger partial charge on any atom is 0.230 e. The minimum Gasteiger partial charge on any atom is -0.341 e. The molecule has 2 aliphatic rings. The highest BCUT2D eigenvalue weighted by Gasteiger charge is 2.44. The molecular formula is C16H31N3O. The lowest BCUT2D eigenvalue weighted by Gasteiger charge is -2.40. The SMILES string of the molecule is CC(C)(N)C(C)(C)C(=O)N1CCC(N2CCCCC2)C1. The molecule has 2 N–H and O–H groups in total. The molecule has 4 nitrogen and oxygen atoms in total. The minimum atomic E-state index is -0.510. The Kier molecular flexibility index (Phi) is 4.45. The molecule has 1 unspecified atom stereocenters. The van der Waals surface area contributed by atoms with Gasteiger partial charge in [0.05, 0.1) is 5.41 Å². The first-order valence-electron chi connectivity index (χ1n) is 8.06. The van der Waals surface area contributed by atoms with E-state index in [-0.39, 0.29) is 5.91 Å². The number of nitrogens with zero attached hydrogens (tertiary/aromatic N) is 2. The first-order chi connectivity index (χ1) is 9.23. The van der Waals surface area contributed by atoms with Gasteiger partial charge in [-0.1, -0.05) is 6.42 Å². The number of rotatable bonds is 3. The van der Waals surface area contributed by atoms with Crippen molar-refractivity contribution in [3.63, 3.8) is 0 Å². The highest BCUT2D eigenvalue weighted by Crippen LogP contribution is 2.32. The predicted molar refractivity (Wildman–Crippen MR) is 82.5 cm³/mol. The number of hydrogen-bond donors (Lipinski definition) is 1. The van der Waals surface area contributed by atoms with Crippen LogP contribution in [0.15, 0.2) is 0 Å². The molecule has 1 atom stereocenters. The molecular weight excluding hydrogens is 250 g/mol. The van der Waals surface area contributed by atoms with Crippen LogP contribution in [0.3, 0.4) is 0 Å². The van der Waals surface area contributed by atoms with Gasteiger partial charge in [0.25, 0.3) is 0 Å². The van der Waals surface area contributed by atoms with Gasteiger partial charge >= 0.3 is 0 Å². The molecule has 2 fully saturated rings. The monoisotopic (exact) mass is 281 g/mol. The topological polar surface area (TPSA) is 49.6 Å². The third kappa shape index (κ3) is 3.01. The Morgan fingerprint density at radius 3 is 2.20 bits per heavy atom. The summed E-state index contributed by atoms with van der Waals surface area (Å²) in [7, 11) is 0. The van der Waals surface area contributed by atoms with Gasteiger partial charge in [-0.3, -0.25) is 9.69 Å². The molecule has 0 saturated carbocycles. The molecule has 2 aliphatic heterocycles. The van der Waals surface area contributed by atoms with Gasteiger partial charge < -0.3 is 10.6 Å². The summed E-state index contributed by atoms with van der Waals surface area (Å²) in [6, 6.07) is 0.566. The Morgan fingerprint density at radius 2 is 1.65 bits per heavy atom. The Labute approximate surface area is 123 Å². The summed E-state index contributed by atoms with van der Waals surface area (Å²) in [5.41, 5.74) is 5.20. The summed E-state index contributed by atoms with van der Waals surface area (Å²) in [5.74, 6) is 0.213. The van der Waals surface area contributed by atoms with Gasteiger partial charge in [-0.2, -0.15) is 0 Å². The van der Waals surface area contributed by atoms with Crippen LogP contribution in [-0.4, -0.2) is 53.5 Å². The van der Waals surface area contributed by atoms with Gasteiger partial charge in [-0.15, -0.1) is 0 Å². The number of carbonyl (C=O) groups excluding carboxylic acids is 1. The van der Waals surface area contributed by atoms with Crippen molar-refractivity contribution < 1.29 is 4.79 Å². The van der Waals surface area contributed by atoms with E-state index in [1.807, 2.05) is 32.6 Å². The van der Waals surface area contributed by atoms with E-state index in [2.05, 4.69) is 4.90 Å². The second-order valence-electron chi connectivity index (χ2n) is 7.64. The smallest absolute Gasteiger partial charge is 0.230 e. The fourth-order valence-corrected chi connectivity index (χ4v) is 3.18. The van der Waals surface area contributed by atoms with Crippen LogP contribution >= 0.6 is 0 Å². The second kappa shape index (κ2) is 5.64. The van der Waals surface area contributed by atoms with Crippen molar-refractivity contribution in [3.05, 3.63) is 0 Å². The number of nitrogens with two attached hydrogens (primary N) is 1. The van der Waals surface area contributed by atoms with Crippen molar-refractivity contribution in [1.82, 2.24) is 9.80 Å². The van der Waals surface area contributed by atoms with Crippen LogP contribution in [0, 0.1) is 5.41 Å². The van der Waals surface area contributed by atoms with Crippen molar-refractivity contribution in [3.8, 4) is 0 Å². The molecule has 4 heteroatoms. The molecule has 116 valence electrons. The first-order valence-corrected chi connectivity index (χ1v) is 8.06. The predicted octanol–water partition coefficient (Wildman–Crippen LogP) is 1.84. The maximum atomic E-state index is 12.8. The van der Waals surface area contributed by atoms with E-state index < -0.39 is 11.0 Å². The summed E-state index contributed by atoms with van der Waals surface area (Å²) >= 11 is 0. The molecule has 0 aliphatic carbocycles. The Balaban J connectivity index is 1.97. The van der Waals surface area contributed by atoms with E-state index in [4.69, 9.17) is 5.73 Å². The summed E-state index contributed by atoms with van der Waals surface area (Å²) < 4.78 is 0. The van der Waals surface area contributed by atoms with Gasteiger partial charge in [0, 0.05) is 24.7 Å². The molecule has 2 saturated heterocycles. The van der Waals surface area contributed by atoms with E-state index in [1.165, 1.54) is 32.4 Å². The molecule has 0 aromatic carbocycles. The van der Waals surface area contributed by atoms with E-state index in [0.29, 0.717) is 6.04 Å². The lowest BCUT2D eigenvalue weighted by molar-refractivity contribution is -0.142. The summed E-state index contributed by atoms with van der Waals surface area (Å²) in [6.45, 7) is 12.0. The molecule has 1 amide bonds. The van der Waals surface area contributed by atoms with Crippen LogP contribution in [-0.2, 0) is 4.79 Å².